The van der Waals surface area contributed by atoms with E-state index < -0.39 is 0 Å². The molecule has 1 aromatic heterocycles. The lowest BCUT2D eigenvalue weighted by molar-refractivity contribution is -0.117. The average molecular weight is 420 g/mol. The molecule has 28 heavy (non-hydrogen) atoms. The van der Waals surface area contributed by atoms with Gasteiger partial charge in [0, 0.05) is 56.1 Å². The Morgan fingerprint density at radius 3 is 2.68 bits per heavy atom. The Bertz CT molecular complexity index is 948. The Morgan fingerprint density at radius 1 is 1.21 bits per heavy atom. The smallest absolute Gasteiger partial charge is 0.210 e. The maximum Gasteiger partial charge on any atom is 0.210 e. The summed E-state index contributed by atoms with van der Waals surface area (Å²) in [6, 6.07) is 5.55. The molecule has 3 heterocycles. The summed E-state index contributed by atoms with van der Waals surface area (Å²) in [5, 5.41) is 5.72. The van der Waals surface area contributed by atoms with Crippen LogP contribution in [0.4, 0.5) is 0 Å². The van der Waals surface area contributed by atoms with Crippen LogP contribution in [-0.4, -0.2) is 46.4 Å². The molecule has 0 saturated carbocycles. The first-order valence-corrected chi connectivity index (χ1v) is 9.81. The number of rotatable bonds is 2. The van der Waals surface area contributed by atoms with Crippen LogP contribution < -0.4 is 5.73 Å². The number of hydrogen-bond acceptors (Lipinski definition) is 4. The fourth-order valence-corrected chi connectivity index (χ4v) is 3.59. The van der Waals surface area contributed by atoms with Gasteiger partial charge < -0.3 is 10.6 Å². The van der Waals surface area contributed by atoms with Crippen molar-refractivity contribution in [3.05, 3.63) is 62.5 Å². The second-order valence-corrected chi connectivity index (χ2v) is 7.72. The molecular formula is C20H23Cl2N5O. The number of aliphatic imine (C=N–C) groups is 1. The molecule has 0 saturated heterocycles. The zero-order valence-corrected chi connectivity index (χ0v) is 17.5. The molecule has 1 aromatic carbocycles. The molecule has 0 spiro atoms. The lowest BCUT2D eigenvalue weighted by Gasteiger charge is -2.27. The minimum Gasteiger partial charge on any atom is -0.402 e. The topological polar surface area (TPSA) is 76.5 Å². The normalized spacial score (nSPS) is 16.1. The number of carbonyl (C=O) groups is 1. The number of hydrogen-bond donors (Lipinski definition) is 1. The van der Waals surface area contributed by atoms with Gasteiger partial charge in [0.25, 0.3) is 0 Å². The van der Waals surface area contributed by atoms with E-state index in [0.717, 1.165) is 47.6 Å². The third-order valence-electron chi connectivity index (χ3n) is 4.71. The highest BCUT2D eigenvalue weighted by Crippen LogP contribution is 2.23. The van der Waals surface area contributed by atoms with E-state index in [0.29, 0.717) is 29.6 Å². The van der Waals surface area contributed by atoms with Crippen molar-refractivity contribution in [2.75, 3.05) is 19.6 Å². The highest BCUT2D eigenvalue weighted by atomic mass is 35.5. The Labute approximate surface area is 174 Å². The highest BCUT2D eigenvalue weighted by Gasteiger charge is 2.26. The fraction of sp³-hybridized carbons (Fsp3) is 0.350. The van der Waals surface area contributed by atoms with E-state index in [1.807, 2.05) is 37.0 Å². The van der Waals surface area contributed by atoms with E-state index in [-0.39, 0.29) is 0 Å². The second-order valence-electron chi connectivity index (χ2n) is 6.90. The number of fused-ring (bicyclic) bond motifs is 1. The Morgan fingerprint density at radius 2 is 2.00 bits per heavy atom. The number of carbonyl (C=O) groups excluding carboxylic acids is 1. The number of halogens is 2. The summed E-state index contributed by atoms with van der Waals surface area (Å²) in [4.78, 5) is 17.3. The maximum atomic E-state index is 10.9. The standard InChI is InChI=1S/C13H17N5O.C7H6Cl2/c1-17-6-9-2-4-15-13(12(9)16-17)10-7-18(8-19)5-3-11(10)14;1-5-2-3-6(8)7(9)4-5/h6,8H,2-5,7,14H2,1H3;2-4H,1H3. The number of nitrogens with two attached hydrogens (primary N) is 1. The third kappa shape index (κ3) is 4.56. The predicted molar refractivity (Wildman–Crippen MR) is 113 cm³/mol. The monoisotopic (exact) mass is 419 g/mol. The minimum atomic E-state index is 0.532. The van der Waals surface area contributed by atoms with Crippen molar-refractivity contribution < 1.29 is 4.79 Å². The summed E-state index contributed by atoms with van der Waals surface area (Å²) in [5.74, 6) is 0. The lowest BCUT2D eigenvalue weighted by Crippen LogP contribution is -2.36. The average Bonchev–Trinajstić information content (AvgIpc) is 3.06. The van der Waals surface area contributed by atoms with Gasteiger partial charge in [0.2, 0.25) is 6.41 Å². The van der Waals surface area contributed by atoms with Crippen LogP contribution in [0.1, 0.15) is 23.2 Å². The largest absolute Gasteiger partial charge is 0.402 e. The molecule has 2 aliphatic heterocycles. The molecule has 6 nitrogen and oxygen atoms in total. The number of benzene rings is 1. The summed E-state index contributed by atoms with van der Waals surface area (Å²) >= 11 is 11.3. The summed E-state index contributed by atoms with van der Waals surface area (Å²) < 4.78 is 1.81. The minimum absolute atomic E-state index is 0.532. The zero-order chi connectivity index (χ0) is 20.3. The Balaban J connectivity index is 0.000000211. The number of aromatic nitrogens is 2. The molecule has 4 rings (SSSR count). The van der Waals surface area contributed by atoms with Crippen LogP contribution in [0.15, 0.2) is 40.7 Å². The quantitative estimate of drug-likeness (QED) is 0.759. The summed E-state index contributed by atoms with van der Waals surface area (Å²) in [5.41, 5.74) is 12.0. The van der Waals surface area contributed by atoms with Gasteiger partial charge in [-0.1, -0.05) is 29.3 Å². The third-order valence-corrected chi connectivity index (χ3v) is 5.45. The SMILES string of the molecule is Cc1ccc(Cl)c(Cl)c1.Cn1cc2c(n1)C(C1=C(N)CCN(C=O)C1)=NCC2. The van der Waals surface area contributed by atoms with Gasteiger partial charge in [0.05, 0.1) is 15.8 Å². The molecule has 2 aromatic rings. The van der Waals surface area contributed by atoms with Crippen molar-refractivity contribution in [2.24, 2.45) is 17.8 Å². The molecular weight excluding hydrogens is 397 g/mol. The fourth-order valence-electron chi connectivity index (χ4n) is 3.24. The molecule has 148 valence electrons. The molecule has 0 aliphatic carbocycles. The van der Waals surface area contributed by atoms with Crippen molar-refractivity contribution in [1.82, 2.24) is 14.7 Å². The summed E-state index contributed by atoms with van der Waals surface area (Å²) in [7, 11) is 1.91. The first-order valence-electron chi connectivity index (χ1n) is 9.05. The molecule has 0 fully saturated rings. The van der Waals surface area contributed by atoms with Crippen LogP contribution in [0.3, 0.4) is 0 Å². The molecule has 2 aliphatic rings. The number of nitrogens with zero attached hydrogens (tertiary/aromatic N) is 4. The highest BCUT2D eigenvalue weighted by molar-refractivity contribution is 6.42. The van der Waals surface area contributed by atoms with Crippen LogP contribution in [0.5, 0.6) is 0 Å². The van der Waals surface area contributed by atoms with Gasteiger partial charge in [-0.3, -0.25) is 14.5 Å². The zero-order valence-electron chi connectivity index (χ0n) is 16.0. The van der Waals surface area contributed by atoms with Gasteiger partial charge in [-0.15, -0.1) is 0 Å². The van der Waals surface area contributed by atoms with Crippen molar-refractivity contribution >= 4 is 35.3 Å². The molecule has 1 amide bonds. The first-order chi connectivity index (χ1) is 13.4. The predicted octanol–water partition coefficient (Wildman–Crippen LogP) is 3.14. The van der Waals surface area contributed by atoms with E-state index in [1.54, 1.807) is 11.0 Å². The van der Waals surface area contributed by atoms with Gasteiger partial charge >= 0.3 is 0 Å². The van der Waals surface area contributed by atoms with Crippen molar-refractivity contribution in [1.29, 1.82) is 0 Å². The molecule has 0 unspecified atom stereocenters. The van der Waals surface area contributed by atoms with Crippen LogP contribution in [0, 0.1) is 6.92 Å². The van der Waals surface area contributed by atoms with Gasteiger partial charge in [-0.25, -0.2) is 0 Å². The van der Waals surface area contributed by atoms with E-state index in [1.165, 1.54) is 5.56 Å². The van der Waals surface area contributed by atoms with Crippen LogP contribution in [0.2, 0.25) is 10.0 Å². The Hall–Kier alpha value is -2.31. The first kappa shape index (κ1) is 20.4. The summed E-state index contributed by atoms with van der Waals surface area (Å²) in [6.07, 6.45) is 4.52. The van der Waals surface area contributed by atoms with Crippen molar-refractivity contribution in [2.45, 2.75) is 19.8 Å². The van der Waals surface area contributed by atoms with Crippen LogP contribution >= 0.6 is 23.2 Å². The van der Waals surface area contributed by atoms with E-state index in [4.69, 9.17) is 28.9 Å². The van der Waals surface area contributed by atoms with E-state index in [2.05, 4.69) is 10.1 Å². The van der Waals surface area contributed by atoms with E-state index in [9.17, 15) is 4.79 Å². The van der Waals surface area contributed by atoms with Crippen LogP contribution in [-0.2, 0) is 18.3 Å². The van der Waals surface area contributed by atoms with Crippen molar-refractivity contribution in [3.63, 3.8) is 0 Å². The van der Waals surface area contributed by atoms with E-state index >= 15 is 0 Å². The number of aryl methyl sites for hydroxylation is 2. The molecule has 0 bridgehead atoms. The lowest BCUT2D eigenvalue weighted by atomic mass is 9.95. The van der Waals surface area contributed by atoms with Gasteiger partial charge in [-0.2, -0.15) is 5.10 Å². The van der Waals surface area contributed by atoms with Crippen LogP contribution in [0.25, 0.3) is 0 Å². The second kappa shape index (κ2) is 8.80. The molecule has 2 N–H and O–H groups in total. The van der Waals surface area contributed by atoms with Gasteiger partial charge in [0.1, 0.15) is 5.69 Å². The van der Waals surface area contributed by atoms with Gasteiger partial charge in [-0.05, 0) is 31.0 Å². The molecule has 8 heteroatoms. The molecule has 0 radical (unpaired) electrons. The van der Waals surface area contributed by atoms with Crippen molar-refractivity contribution in [3.8, 4) is 0 Å². The summed E-state index contributed by atoms with van der Waals surface area (Å²) in [6.45, 7) is 3.94. The Kier molecular flexibility index (Phi) is 6.42. The molecule has 0 atom stereocenters. The maximum absolute atomic E-state index is 10.9. The van der Waals surface area contributed by atoms with Gasteiger partial charge in [0.15, 0.2) is 0 Å². The number of amides is 1.